The van der Waals surface area contributed by atoms with Crippen molar-refractivity contribution in [3.63, 3.8) is 0 Å². The van der Waals surface area contributed by atoms with E-state index in [4.69, 9.17) is 15.9 Å². The number of nitrogen functional groups attached to an aromatic ring is 1. The van der Waals surface area contributed by atoms with Gasteiger partial charge in [0, 0.05) is 10.5 Å². The third-order valence-corrected chi connectivity index (χ3v) is 3.21. The van der Waals surface area contributed by atoms with E-state index in [0.717, 1.165) is 21.8 Å². The largest absolute Gasteiger partial charge is 0.497 e. The van der Waals surface area contributed by atoms with Gasteiger partial charge in [0.25, 0.3) is 0 Å². The molecule has 0 aliphatic carbocycles. The third kappa shape index (κ3) is 2.33. The van der Waals surface area contributed by atoms with E-state index in [1.807, 2.05) is 36.4 Å². The molecule has 4 heteroatoms. The Bertz CT molecular complexity index is 579. The zero-order valence-electron chi connectivity index (χ0n) is 9.97. The summed E-state index contributed by atoms with van der Waals surface area (Å²) >= 11 is 4.46. The van der Waals surface area contributed by atoms with Gasteiger partial charge in [0.15, 0.2) is 0 Å². The predicted molar refractivity (Wildman–Crippen MR) is 76.7 cm³/mol. The van der Waals surface area contributed by atoms with Crippen molar-refractivity contribution in [2.24, 2.45) is 5.73 Å². The van der Waals surface area contributed by atoms with Crippen molar-refractivity contribution >= 4 is 18.5 Å². The van der Waals surface area contributed by atoms with Crippen molar-refractivity contribution in [2.75, 3.05) is 7.11 Å². The lowest BCUT2D eigenvalue weighted by Gasteiger charge is -2.10. The summed E-state index contributed by atoms with van der Waals surface area (Å²) in [6.45, 7) is 0. The van der Waals surface area contributed by atoms with Crippen molar-refractivity contribution in [3.8, 4) is 16.9 Å². The van der Waals surface area contributed by atoms with Gasteiger partial charge in [-0.05, 0) is 23.3 Å². The number of hydrogen-bond donors (Lipinski definition) is 3. The molecule has 0 aromatic heterocycles. The summed E-state index contributed by atoms with van der Waals surface area (Å²) in [5.41, 5.74) is 8.14. The highest BCUT2D eigenvalue weighted by Gasteiger charge is 2.08. The van der Waals surface area contributed by atoms with E-state index in [9.17, 15) is 0 Å². The van der Waals surface area contributed by atoms with Gasteiger partial charge in [0.1, 0.15) is 11.6 Å². The zero-order chi connectivity index (χ0) is 13.1. The van der Waals surface area contributed by atoms with E-state index in [1.165, 1.54) is 0 Å². The number of ether oxygens (including phenoxy) is 1. The van der Waals surface area contributed by atoms with E-state index in [0.29, 0.717) is 5.56 Å². The normalized spacial score (nSPS) is 10.1. The molecule has 0 unspecified atom stereocenters. The molecule has 3 N–H and O–H groups in total. The Morgan fingerprint density at radius 1 is 1.17 bits per heavy atom. The molecule has 0 bridgehead atoms. The van der Waals surface area contributed by atoms with Crippen LogP contribution in [-0.4, -0.2) is 12.9 Å². The Hall–Kier alpha value is -1.94. The molecule has 92 valence electrons. The van der Waals surface area contributed by atoms with Crippen molar-refractivity contribution in [1.82, 2.24) is 0 Å². The molecular formula is C14H14N2OS. The molecule has 0 atom stereocenters. The maximum atomic E-state index is 7.51. The number of benzene rings is 2. The summed E-state index contributed by atoms with van der Waals surface area (Å²) in [6, 6.07) is 13.3. The van der Waals surface area contributed by atoms with Crippen molar-refractivity contribution < 1.29 is 4.74 Å². The molecule has 0 amide bonds. The topological polar surface area (TPSA) is 59.1 Å². The van der Waals surface area contributed by atoms with Crippen LogP contribution in [0.2, 0.25) is 0 Å². The lowest BCUT2D eigenvalue weighted by atomic mass is 10.0. The molecule has 0 aliphatic rings. The Morgan fingerprint density at radius 3 is 2.39 bits per heavy atom. The van der Waals surface area contributed by atoms with Crippen LogP contribution in [-0.2, 0) is 0 Å². The lowest BCUT2D eigenvalue weighted by Crippen LogP contribution is -2.12. The number of rotatable bonds is 3. The second-order valence-electron chi connectivity index (χ2n) is 3.84. The first-order valence-corrected chi connectivity index (χ1v) is 5.89. The van der Waals surface area contributed by atoms with Gasteiger partial charge in [-0.2, -0.15) is 0 Å². The van der Waals surface area contributed by atoms with Gasteiger partial charge in [-0.1, -0.05) is 30.3 Å². The average Bonchev–Trinajstić information content (AvgIpc) is 2.39. The number of hydrogen-bond acceptors (Lipinski definition) is 3. The van der Waals surface area contributed by atoms with Gasteiger partial charge in [-0.15, -0.1) is 12.6 Å². The molecule has 3 nitrogen and oxygen atoms in total. The quantitative estimate of drug-likeness (QED) is 0.450. The van der Waals surface area contributed by atoms with Crippen LogP contribution in [0.25, 0.3) is 11.1 Å². The van der Waals surface area contributed by atoms with Crippen LogP contribution in [0.3, 0.4) is 0 Å². The number of nitrogens with two attached hydrogens (primary N) is 1. The maximum Gasteiger partial charge on any atom is 0.123 e. The third-order valence-electron chi connectivity index (χ3n) is 2.73. The van der Waals surface area contributed by atoms with Crippen LogP contribution in [0.15, 0.2) is 47.4 Å². The number of amidine groups is 1. The molecule has 2 aromatic rings. The smallest absolute Gasteiger partial charge is 0.123 e. The van der Waals surface area contributed by atoms with E-state index in [1.54, 1.807) is 13.2 Å². The average molecular weight is 258 g/mol. The van der Waals surface area contributed by atoms with Crippen LogP contribution >= 0.6 is 12.6 Å². The van der Waals surface area contributed by atoms with E-state index in [2.05, 4.69) is 12.6 Å². The minimum atomic E-state index is 0.0235. The van der Waals surface area contributed by atoms with Gasteiger partial charge in [-0.25, -0.2) is 0 Å². The van der Waals surface area contributed by atoms with Gasteiger partial charge in [-0.3, -0.25) is 5.41 Å². The molecule has 0 saturated heterocycles. The highest BCUT2D eigenvalue weighted by atomic mass is 32.1. The summed E-state index contributed by atoms with van der Waals surface area (Å²) in [6.07, 6.45) is 0. The summed E-state index contributed by atoms with van der Waals surface area (Å²) in [5, 5.41) is 7.51. The lowest BCUT2D eigenvalue weighted by molar-refractivity contribution is 0.415. The molecule has 0 saturated carbocycles. The highest BCUT2D eigenvalue weighted by molar-refractivity contribution is 7.80. The molecule has 2 rings (SSSR count). The first kappa shape index (κ1) is 12.5. The molecule has 2 aromatic carbocycles. The Balaban J connectivity index is 2.50. The number of nitrogens with one attached hydrogen (secondary N) is 1. The van der Waals surface area contributed by atoms with Gasteiger partial charge >= 0.3 is 0 Å². The van der Waals surface area contributed by atoms with Gasteiger partial charge in [0.2, 0.25) is 0 Å². The van der Waals surface area contributed by atoms with Crippen LogP contribution in [0.5, 0.6) is 5.75 Å². The van der Waals surface area contributed by atoms with E-state index in [-0.39, 0.29) is 5.84 Å². The SMILES string of the molecule is COc1ccc(-c2cccc(C(=N)N)c2S)cc1. The minimum absolute atomic E-state index is 0.0235. The summed E-state index contributed by atoms with van der Waals surface area (Å²) in [4.78, 5) is 0.718. The summed E-state index contributed by atoms with van der Waals surface area (Å²) < 4.78 is 5.12. The Morgan fingerprint density at radius 2 is 1.83 bits per heavy atom. The fourth-order valence-corrected chi connectivity index (χ4v) is 2.16. The highest BCUT2D eigenvalue weighted by Crippen LogP contribution is 2.30. The molecule has 18 heavy (non-hydrogen) atoms. The zero-order valence-corrected chi connectivity index (χ0v) is 10.9. The number of thiol groups is 1. The second kappa shape index (κ2) is 5.14. The summed E-state index contributed by atoms with van der Waals surface area (Å²) in [7, 11) is 1.63. The predicted octanol–water partition coefficient (Wildman–Crippen LogP) is 2.93. The molecule has 0 spiro atoms. The van der Waals surface area contributed by atoms with Crippen LogP contribution < -0.4 is 10.5 Å². The van der Waals surface area contributed by atoms with Crippen LogP contribution in [0, 0.1) is 5.41 Å². The maximum absolute atomic E-state index is 7.51. The molecule has 0 heterocycles. The monoisotopic (exact) mass is 258 g/mol. The minimum Gasteiger partial charge on any atom is -0.497 e. The fraction of sp³-hybridized carbons (Fsp3) is 0.0714. The molecule has 0 radical (unpaired) electrons. The van der Waals surface area contributed by atoms with Crippen molar-refractivity contribution in [3.05, 3.63) is 48.0 Å². The molecule has 0 aliphatic heterocycles. The molecular weight excluding hydrogens is 244 g/mol. The van der Waals surface area contributed by atoms with Gasteiger partial charge in [0.05, 0.1) is 7.11 Å². The van der Waals surface area contributed by atoms with Crippen molar-refractivity contribution in [2.45, 2.75) is 4.90 Å². The van der Waals surface area contributed by atoms with E-state index >= 15 is 0 Å². The van der Waals surface area contributed by atoms with E-state index < -0.39 is 0 Å². The Labute approximate surface area is 112 Å². The van der Waals surface area contributed by atoms with Crippen LogP contribution in [0.1, 0.15) is 5.56 Å². The second-order valence-corrected chi connectivity index (χ2v) is 4.29. The fourth-order valence-electron chi connectivity index (χ4n) is 1.76. The molecule has 0 fully saturated rings. The first-order valence-electron chi connectivity index (χ1n) is 5.44. The number of methoxy groups -OCH3 is 1. The first-order chi connectivity index (χ1) is 8.63. The van der Waals surface area contributed by atoms with Crippen LogP contribution in [0.4, 0.5) is 0 Å². The Kier molecular flexibility index (Phi) is 3.58. The standard InChI is InChI=1S/C14H14N2OS/c1-17-10-7-5-9(6-8-10)11-3-2-4-12(13(11)18)14(15)16/h2-8,18H,1H3,(H3,15,16). The van der Waals surface area contributed by atoms with Crippen molar-refractivity contribution in [1.29, 1.82) is 5.41 Å². The van der Waals surface area contributed by atoms with Gasteiger partial charge < -0.3 is 10.5 Å². The summed E-state index contributed by atoms with van der Waals surface area (Å²) in [5.74, 6) is 0.831.